The van der Waals surface area contributed by atoms with Gasteiger partial charge >= 0.3 is 0 Å². The Kier molecular flexibility index (Phi) is 15.7. The SMILES string of the molecule is CC.CC.CCC.[B][B]c1c(N=Nc2ccccc2)c(S(=O)(=O)O)cc2cc(S(O)(O)O)c(N=Nc3ccc4ccccc4c3)c([B])c12. The quantitative estimate of drug-likeness (QED) is 0.0758. The third-order valence-corrected chi connectivity index (χ3v) is 7.91. The standard InChI is InChI=1S/C26H18B3N4O6S2.C3H8.2C2H6/c27-23-22-17(14-21(41(37,38)39)26(24(22)29-28)33-30-18-8-2-1-3-9-18)13-20(40(34,35)36)25(23)32-31-19-11-10-15-6-4-5-7-16(15)12-19;1-3-2;2*1-2/h1-14,34-36H,(H,37,38,39);3H2,1-2H3;2*1-2H3. The molecule has 247 valence electrons. The molecule has 5 aromatic carbocycles. The zero-order chi connectivity index (χ0) is 36.1. The lowest BCUT2D eigenvalue weighted by Crippen LogP contribution is -2.25. The molecule has 4 N–H and O–H groups in total. The van der Waals surface area contributed by atoms with Gasteiger partial charge in [-0.15, -0.1) is 10.2 Å². The first kappa shape index (κ1) is 40.3. The van der Waals surface area contributed by atoms with Gasteiger partial charge in [0.15, 0.2) is 0 Å². The highest BCUT2D eigenvalue weighted by molar-refractivity contribution is 8.19. The summed E-state index contributed by atoms with van der Waals surface area (Å²) in [6, 6.07) is 23.3. The highest BCUT2D eigenvalue weighted by atomic mass is 32.3. The Labute approximate surface area is 287 Å². The zero-order valence-electron chi connectivity index (χ0n) is 27.7. The molecule has 0 atom stereocenters. The average Bonchev–Trinajstić information content (AvgIpc) is 3.08. The van der Waals surface area contributed by atoms with Crippen LogP contribution in [-0.2, 0) is 10.1 Å². The van der Waals surface area contributed by atoms with Crippen LogP contribution >= 0.6 is 10.9 Å². The molecule has 10 nitrogen and oxygen atoms in total. The summed E-state index contributed by atoms with van der Waals surface area (Å²) < 4.78 is 65.4. The van der Waals surface area contributed by atoms with Crippen LogP contribution in [0.1, 0.15) is 48.0 Å². The van der Waals surface area contributed by atoms with Crippen molar-refractivity contribution < 1.29 is 26.6 Å². The van der Waals surface area contributed by atoms with Crippen molar-refractivity contribution >= 4 is 99.0 Å². The van der Waals surface area contributed by atoms with Crippen LogP contribution in [0.3, 0.4) is 0 Å². The molecule has 0 amide bonds. The van der Waals surface area contributed by atoms with Crippen molar-refractivity contribution in [1.82, 2.24) is 0 Å². The van der Waals surface area contributed by atoms with E-state index >= 15 is 0 Å². The fourth-order valence-electron chi connectivity index (χ4n) is 4.29. The van der Waals surface area contributed by atoms with Crippen LogP contribution in [0, 0.1) is 0 Å². The fourth-order valence-corrected chi connectivity index (χ4v) is 5.65. The van der Waals surface area contributed by atoms with Gasteiger partial charge in [0.2, 0.25) is 0 Å². The first-order valence-corrected chi connectivity index (χ1v) is 18.2. The molecule has 0 unspecified atom stereocenters. The number of hydrogen-bond acceptors (Lipinski definition) is 9. The maximum absolute atomic E-state index is 12.4. The lowest BCUT2D eigenvalue weighted by Gasteiger charge is -2.24. The fraction of sp³-hybridized carbons (Fsp3) is 0.212. The predicted octanol–water partition coefficient (Wildman–Crippen LogP) is 9.33. The van der Waals surface area contributed by atoms with Gasteiger partial charge in [-0.1, -0.05) is 107 Å². The third-order valence-electron chi connectivity index (χ3n) is 6.14. The minimum Gasteiger partial charge on any atom is -0.304 e. The Balaban J connectivity index is 0.00000106. The van der Waals surface area contributed by atoms with Crippen molar-refractivity contribution in [3.8, 4) is 0 Å². The maximum atomic E-state index is 12.4. The predicted molar refractivity (Wildman–Crippen MR) is 201 cm³/mol. The van der Waals surface area contributed by atoms with Crippen molar-refractivity contribution in [3.63, 3.8) is 0 Å². The third kappa shape index (κ3) is 10.1. The summed E-state index contributed by atoms with van der Waals surface area (Å²) in [4.78, 5) is -1.19. The van der Waals surface area contributed by atoms with E-state index in [2.05, 4.69) is 34.3 Å². The van der Waals surface area contributed by atoms with Gasteiger partial charge in [0.25, 0.3) is 10.1 Å². The molecular weight excluding hydrogens is 645 g/mol. The largest absolute Gasteiger partial charge is 0.304 e. The van der Waals surface area contributed by atoms with E-state index in [1.54, 1.807) is 42.5 Å². The zero-order valence-corrected chi connectivity index (χ0v) is 29.4. The second-order valence-electron chi connectivity index (χ2n) is 9.51. The van der Waals surface area contributed by atoms with Gasteiger partial charge in [-0.3, -0.25) is 4.55 Å². The Morgan fingerprint density at radius 3 is 1.73 bits per heavy atom. The van der Waals surface area contributed by atoms with Crippen molar-refractivity contribution in [2.24, 2.45) is 20.5 Å². The number of nitrogens with zero attached hydrogens (tertiary/aromatic N) is 4. The lowest BCUT2D eigenvalue weighted by atomic mass is 9.49. The van der Waals surface area contributed by atoms with Crippen molar-refractivity contribution in [2.45, 2.75) is 57.8 Å². The van der Waals surface area contributed by atoms with Gasteiger partial charge in [-0.25, -0.2) is 0 Å². The van der Waals surface area contributed by atoms with Crippen LogP contribution < -0.4 is 10.9 Å². The summed E-state index contributed by atoms with van der Waals surface area (Å²) in [5.74, 6) is 0. The van der Waals surface area contributed by atoms with Gasteiger partial charge in [0.05, 0.1) is 29.1 Å². The van der Waals surface area contributed by atoms with E-state index in [0.29, 0.717) is 11.4 Å². The van der Waals surface area contributed by atoms with Crippen LogP contribution in [0.5, 0.6) is 0 Å². The number of rotatable bonds is 7. The molecule has 0 saturated heterocycles. The van der Waals surface area contributed by atoms with Gasteiger partial charge in [-0.2, -0.15) is 18.6 Å². The molecule has 0 aromatic heterocycles. The summed E-state index contributed by atoms with van der Waals surface area (Å²) in [7, 11) is 4.04. The minimum atomic E-state index is -4.89. The van der Waals surface area contributed by atoms with Crippen LogP contribution in [-0.4, -0.2) is 49.4 Å². The highest BCUT2D eigenvalue weighted by Gasteiger charge is 2.28. The van der Waals surface area contributed by atoms with Crippen LogP contribution in [0.2, 0.25) is 0 Å². The Morgan fingerprint density at radius 1 is 0.646 bits per heavy atom. The smallest absolute Gasteiger partial charge is 0.296 e. The van der Waals surface area contributed by atoms with Gasteiger partial charge in [0.1, 0.15) is 29.3 Å². The van der Waals surface area contributed by atoms with E-state index in [1.807, 2.05) is 58.0 Å². The Bertz CT molecular complexity index is 1990. The van der Waals surface area contributed by atoms with Gasteiger partial charge in [0, 0.05) is 7.74 Å². The number of hydrogen-bond donors (Lipinski definition) is 4. The molecule has 0 saturated carbocycles. The highest BCUT2D eigenvalue weighted by Crippen LogP contribution is 2.49. The van der Waals surface area contributed by atoms with Crippen LogP contribution in [0.15, 0.2) is 115 Å². The van der Waals surface area contributed by atoms with E-state index in [0.717, 1.165) is 30.1 Å². The maximum Gasteiger partial charge on any atom is 0.296 e. The topological polar surface area (TPSA) is 164 Å². The number of benzene rings is 5. The molecule has 5 rings (SSSR count). The first-order valence-electron chi connectivity index (χ1n) is 15.2. The Morgan fingerprint density at radius 2 is 1.17 bits per heavy atom. The molecule has 0 aliphatic heterocycles. The molecular formula is C33H38B3N4O6S2. The molecule has 0 aliphatic rings. The normalized spacial score (nSPS) is 11.7. The molecule has 5 radical (unpaired) electrons. The summed E-state index contributed by atoms with van der Waals surface area (Å²) >= 11 is 0. The second-order valence-corrected chi connectivity index (χ2v) is 12.4. The molecule has 5 aromatic rings. The van der Waals surface area contributed by atoms with E-state index in [9.17, 15) is 26.6 Å². The van der Waals surface area contributed by atoms with Gasteiger partial charge < -0.3 is 13.7 Å². The molecule has 15 heteroatoms. The average molecular weight is 683 g/mol. The van der Waals surface area contributed by atoms with E-state index in [4.69, 9.17) is 15.6 Å². The molecule has 0 fully saturated rings. The van der Waals surface area contributed by atoms with Gasteiger partial charge in [-0.05, 0) is 57.9 Å². The summed E-state index contributed by atoms with van der Waals surface area (Å²) in [5, 5.41) is 18.4. The van der Waals surface area contributed by atoms with Crippen molar-refractivity contribution in [1.29, 1.82) is 0 Å². The Hall–Kier alpha value is -3.85. The minimum absolute atomic E-state index is 0.0147. The van der Waals surface area contributed by atoms with E-state index in [-0.39, 0.29) is 33.1 Å². The second kappa shape index (κ2) is 18.6. The molecule has 48 heavy (non-hydrogen) atoms. The lowest BCUT2D eigenvalue weighted by molar-refractivity contribution is 0.376. The molecule has 0 spiro atoms. The van der Waals surface area contributed by atoms with Crippen molar-refractivity contribution in [3.05, 3.63) is 84.9 Å². The summed E-state index contributed by atoms with van der Waals surface area (Å²) in [6.45, 7) is 12.2. The monoisotopic (exact) mass is 683 g/mol. The molecule has 0 heterocycles. The van der Waals surface area contributed by atoms with Crippen LogP contribution in [0.4, 0.5) is 22.7 Å². The van der Waals surface area contributed by atoms with Crippen LogP contribution in [0.25, 0.3) is 21.5 Å². The summed E-state index contributed by atoms with van der Waals surface area (Å²) in [5.41, 5.74) is -0.0746. The van der Waals surface area contributed by atoms with Crippen molar-refractivity contribution in [2.75, 3.05) is 0 Å². The first-order chi connectivity index (χ1) is 22.9. The number of azo groups is 2. The molecule has 0 aliphatic carbocycles. The van der Waals surface area contributed by atoms with E-state index in [1.165, 1.54) is 6.42 Å². The van der Waals surface area contributed by atoms with E-state index < -0.39 is 30.8 Å². The number of fused-ring (bicyclic) bond motifs is 2. The summed E-state index contributed by atoms with van der Waals surface area (Å²) in [6.07, 6.45) is 1.25. The molecule has 0 bridgehead atoms.